The number of piperidine rings is 1. The van der Waals surface area contributed by atoms with E-state index in [0.29, 0.717) is 30.2 Å². The summed E-state index contributed by atoms with van der Waals surface area (Å²) in [5, 5.41) is 0. The second kappa shape index (κ2) is 8.75. The fourth-order valence-electron chi connectivity index (χ4n) is 3.12. The van der Waals surface area contributed by atoms with Crippen LogP contribution in [0.1, 0.15) is 23.2 Å². The number of anilines is 1. The number of esters is 1. The molecular weight excluding hydrogens is 396 g/mol. The highest BCUT2D eigenvalue weighted by atomic mass is 32.2. The van der Waals surface area contributed by atoms with Crippen molar-refractivity contribution >= 4 is 21.8 Å². The smallest absolute Gasteiger partial charge is 0.337 e. The van der Waals surface area contributed by atoms with Gasteiger partial charge in [-0.2, -0.15) is 4.31 Å². The van der Waals surface area contributed by atoms with Gasteiger partial charge in [0.2, 0.25) is 10.0 Å². The van der Waals surface area contributed by atoms with Gasteiger partial charge < -0.3 is 14.4 Å². The SMILES string of the molecule is COC(=O)c1ccc(S(=O)(=O)N2CCCC(Oc3nccnc3N(C)C)C2)cc1. The molecule has 0 spiro atoms. The van der Waals surface area contributed by atoms with Crippen molar-refractivity contribution < 1.29 is 22.7 Å². The average molecular weight is 420 g/mol. The van der Waals surface area contributed by atoms with Gasteiger partial charge >= 0.3 is 5.97 Å². The van der Waals surface area contributed by atoms with E-state index in [1.165, 1.54) is 35.7 Å². The highest BCUT2D eigenvalue weighted by Gasteiger charge is 2.32. The molecule has 1 aliphatic rings. The van der Waals surface area contributed by atoms with Crippen molar-refractivity contribution in [2.45, 2.75) is 23.8 Å². The molecule has 1 atom stereocenters. The van der Waals surface area contributed by atoms with Gasteiger partial charge in [0.15, 0.2) is 5.82 Å². The molecule has 3 rings (SSSR count). The van der Waals surface area contributed by atoms with Crippen LogP contribution in [0, 0.1) is 0 Å². The van der Waals surface area contributed by atoms with E-state index in [1.54, 1.807) is 17.3 Å². The Bertz CT molecular complexity index is 963. The van der Waals surface area contributed by atoms with Crippen molar-refractivity contribution in [3.05, 3.63) is 42.2 Å². The minimum absolute atomic E-state index is 0.124. The van der Waals surface area contributed by atoms with E-state index < -0.39 is 16.0 Å². The van der Waals surface area contributed by atoms with E-state index in [-0.39, 0.29) is 17.5 Å². The summed E-state index contributed by atoms with van der Waals surface area (Å²) in [7, 11) is 1.25. The lowest BCUT2D eigenvalue weighted by Gasteiger charge is -2.32. The summed E-state index contributed by atoms with van der Waals surface area (Å²) in [6.07, 6.45) is 4.18. The maximum absolute atomic E-state index is 13.0. The minimum atomic E-state index is -3.71. The van der Waals surface area contributed by atoms with Crippen molar-refractivity contribution in [1.82, 2.24) is 14.3 Å². The van der Waals surface area contributed by atoms with E-state index in [9.17, 15) is 13.2 Å². The zero-order chi connectivity index (χ0) is 21.0. The van der Waals surface area contributed by atoms with Crippen LogP contribution >= 0.6 is 0 Å². The molecule has 0 aliphatic carbocycles. The molecule has 2 heterocycles. The minimum Gasteiger partial charge on any atom is -0.470 e. The summed E-state index contributed by atoms with van der Waals surface area (Å²) < 4.78 is 38.1. The second-order valence-corrected chi connectivity index (χ2v) is 8.78. The molecule has 29 heavy (non-hydrogen) atoms. The molecule has 0 bridgehead atoms. The van der Waals surface area contributed by atoms with Crippen LogP contribution in [0.15, 0.2) is 41.6 Å². The van der Waals surface area contributed by atoms with Crippen molar-refractivity contribution in [3.8, 4) is 5.88 Å². The van der Waals surface area contributed by atoms with Gasteiger partial charge in [0, 0.05) is 33.0 Å². The Kier molecular flexibility index (Phi) is 6.33. The Hall–Kier alpha value is -2.72. The Balaban J connectivity index is 1.75. The standard InChI is InChI=1S/C19H24N4O5S/c1-22(2)17-18(21-11-10-20-17)28-15-5-4-12-23(13-15)29(25,26)16-8-6-14(7-9-16)19(24)27-3/h6-11,15H,4-5,12-13H2,1-3H3. The average Bonchev–Trinajstić information content (AvgIpc) is 2.73. The summed E-state index contributed by atoms with van der Waals surface area (Å²) >= 11 is 0. The zero-order valence-electron chi connectivity index (χ0n) is 16.6. The number of methoxy groups -OCH3 is 1. The Labute approximate surface area is 170 Å². The lowest BCUT2D eigenvalue weighted by Crippen LogP contribution is -2.44. The van der Waals surface area contributed by atoms with Crippen molar-refractivity contribution in [2.75, 3.05) is 39.2 Å². The Morgan fingerprint density at radius 1 is 1.17 bits per heavy atom. The molecule has 0 amide bonds. The third-order valence-electron chi connectivity index (χ3n) is 4.60. The van der Waals surface area contributed by atoms with Crippen LogP contribution in [0.5, 0.6) is 5.88 Å². The number of nitrogens with zero attached hydrogens (tertiary/aromatic N) is 4. The van der Waals surface area contributed by atoms with Crippen molar-refractivity contribution in [2.24, 2.45) is 0 Å². The molecule has 0 saturated carbocycles. The number of hydrogen-bond donors (Lipinski definition) is 0. The first-order chi connectivity index (χ1) is 13.8. The molecule has 10 heteroatoms. The highest BCUT2D eigenvalue weighted by molar-refractivity contribution is 7.89. The van der Waals surface area contributed by atoms with Gasteiger partial charge in [-0.25, -0.2) is 23.2 Å². The van der Waals surface area contributed by atoms with Crippen LogP contribution in [0.2, 0.25) is 0 Å². The first-order valence-electron chi connectivity index (χ1n) is 9.16. The number of carbonyl (C=O) groups is 1. The maximum atomic E-state index is 13.0. The summed E-state index contributed by atoms with van der Waals surface area (Å²) in [5.74, 6) is 0.455. The van der Waals surface area contributed by atoms with Crippen LogP contribution < -0.4 is 9.64 Å². The molecule has 1 unspecified atom stereocenters. The summed E-state index contributed by atoms with van der Waals surface area (Å²) in [4.78, 5) is 22.0. The Morgan fingerprint density at radius 2 is 1.86 bits per heavy atom. The fraction of sp³-hybridized carbons (Fsp3) is 0.421. The predicted octanol–water partition coefficient (Wildman–Crippen LogP) is 1.56. The van der Waals surface area contributed by atoms with Gasteiger partial charge in [0.1, 0.15) is 6.10 Å². The molecule has 0 N–H and O–H groups in total. The third-order valence-corrected chi connectivity index (χ3v) is 6.48. The molecule has 0 radical (unpaired) electrons. The van der Waals surface area contributed by atoms with Crippen molar-refractivity contribution in [1.29, 1.82) is 0 Å². The number of ether oxygens (including phenoxy) is 2. The summed E-state index contributed by atoms with van der Waals surface area (Å²) in [6.45, 7) is 0.618. The van der Waals surface area contributed by atoms with E-state index in [0.717, 1.165) is 6.42 Å². The van der Waals surface area contributed by atoms with Crippen LogP contribution in [-0.2, 0) is 14.8 Å². The lowest BCUT2D eigenvalue weighted by molar-refractivity contribution is 0.0600. The summed E-state index contributed by atoms with van der Waals surface area (Å²) in [5.41, 5.74) is 0.296. The zero-order valence-corrected chi connectivity index (χ0v) is 17.4. The van der Waals surface area contributed by atoms with Gasteiger partial charge in [-0.1, -0.05) is 0 Å². The quantitative estimate of drug-likeness (QED) is 0.649. The Morgan fingerprint density at radius 3 is 2.52 bits per heavy atom. The number of aromatic nitrogens is 2. The van der Waals surface area contributed by atoms with E-state index in [1.807, 2.05) is 14.1 Å². The molecule has 1 fully saturated rings. The largest absolute Gasteiger partial charge is 0.470 e. The molecular formula is C19H24N4O5S. The molecule has 156 valence electrons. The van der Waals surface area contributed by atoms with E-state index in [2.05, 4.69) is 14.7 Å². The summed E-state index contributed by atoms with van der Waals surface area (Å²) in [6, 6.07) is 5.72. The van der Waals surface area contributed by atoms with Gasteiger partial charge in [-0.05, 0) is 37.1 Å². The van der Waals surface area contributed by atoms with Crippen LogP contribution in [-0.4, -0.2) is 69.1 Å². The third kappa shape index (κ3) is 4.65. The molecule has 1 aromatic heterocycles. The van der Waals surface area contributed by atoms with E-state index >= 15 is 0 Å². The van der Waals surface area contributed by atoms with Gasteiger partial charge in [-0.3, -0.25) is 0 Å². The van der Waals surface area contributed by atoms with Crippen LogP contribution in [0.4, 0.5) is 5.82 Å². The first-order valence-corrected chi connectivity index (χ1v) is 10.6. The monoisotopic (exact) mass is 420 g/mol. The topological polar surface area (TPSA) is 102 Å². The normalized spacial score (nSPS) is 17.6. The van der Waals surface area contributed by atoms with Gasteiger partial charge in [-0.15, -0.1) is 0 Å². The molecule has 1 saturated heterocycles. The molecule has 2 aromatic rings. The number of sulfonamides is 1. The van der Waals surface area contributed by atoms with Gasteiger partial charge in [0.05, 0.1) is 24.1 Å². The molecule has 1 aromatic carbocycles. The molecule has 9 nitrogen and oxygen atoms in total. The van der Waals surface area contributed by atoms with Crippen molar-refractivity contribution in [3.63, 3.8) is 0 Å². The lowest BCUT2D eigenvalue weighted by atomic mass is 10.1. The highest BCUT2D eigenvalue weighted by Crippen LogP contribution is 2.26. The van der Waals surface area contributed by atoms with Crippen LogP contribution in [0.3, 0.4) is 0 Å². The van der Waals surface area contributed by atoms with Gasteiger partial charge in [0.25, 0.3) is 5.88 Å². The predicted molar refractivity (Wildman–Crippen MR) is 107 cm³/mol. The molecule has 1 aliphatic heterocycles. The van der Waals surface area contributed by atoms with Crippen LogP contribution in [0.25, 0.3) is 0 Å². The number of carbonyl (C=O) groups excluding carboxylic acids is 1. The van der Waals surface area contributed by atoms with E-state index in [4.69, 9.17) is 4.74 Å². The fourth-order valence-corrected chi connectivity index (χ4v) is 4.63. The number of hydrogen-bond acceptors (Lipinski definition) is 8. The number of rotatable bonds is 6. The second-order valence-electron chi connectivity index (χ2n) is 6.84. The number of benzene rings is 1. The maximum Gasteiger partial charge on any atom is 0.337 e. The first kappa shape index (κ1) is 21.0.